The Morgan fingerprint density at radius 1 is 1.47 bits per heavy atom. The quantitative estimate of drug-likeness (QED) is 0.865. The molecule has 0 saturated heterocycles. The molecule has 0 bridgehead atoms. The number of pyridine rings is 1. The van der Waals surface area contributed by atoms with Gasteiger partial charge in [0, 0.05) is 44.7 Å². The highest BCUT2D eigenvalue weighted by atomic mass is 32.2. The highest BCUT2D eigenvalue weighted by Gasteiger charge is 2.21. The first-order chi connectivity index (χ1) is 8.89. The summed E-state index contributed by atoms with van der Waals surface area (Å²) in [5.41, 5.74) is 6.32. The first-order valence-corrected chi connectivity index (χ1v) is 6.99. The van der Waals surface area contributed by atoms with Crippen LogP contribution < -0.4 is 5.73 Å². The number of sulfonamides is 1. The van der Waals surface area contributed by atoms with E-state index in [4.69, 9.17) is 5.73 Å². The molecular formula is C11H15N5O2S. The Hall–Kier alpha value is -1.93. The number of nitrogens with two attached hydrogens (primary N) is 1. The Labute approximate surface area is 111 Å². The number of rotatable bonds is 4. The van der Waals surface area contributed by atoms with Crippen molar-refractivity contribution >= 4 is 15.8 Å². The first-order valence-electron chi connectivity index (χ1n) is 5.55. The number of nitrogens with zero attached hydrogens (tertiary/aromatic N) is 4. The number of anilines is 1. The number of nitrogen functional groups attached to an aromatic ring is 1. The van der Waals surface area contributed by atoms with Gasteiger partial charge >= 0.3 is 0 Å². The van der Waals surface area contributed by atoms with Crippen molar-refractivity contribution in [2.24, 2.45) is 7.05 Å². The summed E-state index contributed by atoms with van der Waals surface area (Å²) in [7, 11) is -0.282. The second-order valence-electron chi connectivity index (χ2n) is 4.20. The molecule has 8 heteroatoms. The zero-order valence-electron chi connectivity index (χ0n) is 10.7. The molecule has 0 radical (unpaired) electrons. The van der Waals surface area contributed by atoms with Crippen molar-refractivity contribution in [2.45, 2.75) is 11.4 Å². The summed E-state index contributed by atoms with van der Waals surface area (Å²) in [6, 6.07) is 2.76. The zero-order chi connectivity index (χ0) is 14.0. The summed E-state index contributed by atoms with van der Waals surface area (Å²) in [6.45, 7) is 0.248. The standard InChI is InChI=1S/C11H15N5O2S/c1-15-7-9(6-14-15)8-16(2)19(17,18)10-3-4-13-11(12)5-10/h3-7H,8H2,1-2H3,(H2,12,13). The van der Waals surface area contributed by atoms with E-state index >= 15 is 0 Å². The lowest BCUT2D eigenvalue weighted by Crippen LogP contribution is -2.26. The van der Waals surface area contributed by atoms with E-state index in [0.717, 1.165) is 5.56 Å². The number of aryl methyl sites for hydroxylation is 1. The van der Waals surface area contributed by atoms with Crippen LogP contribution in [0.25, 0.3) is 0 Å². The van der Waals surface area contributed by atoms with Gasteiger partial charge in [0.25, 0.3) is 0 Å². The largest absolute Gasteiger partial charge is 0.384 e. The monoisotopic (exact) mass is 281 g/mol. The Balaban J connectivity index is 2.24. The molecule has 19 heavy (non-hydrogen) atoms. The normalized spacial score (nSPS) is 11.9. The van der Waals surface area contributed by atoms with Crippen LogP contribution in [0.2, 0.25) is 0 Å². The average molecular weight is 281 g/mol. The minimum absolute atomic E-state index is 0.131. The van der Waals surface area contributed by atoms with Gasteiger partial charge < -0.3 is 5.73 Å². The molecule has 0 aliphatic carbocycles. The van der Waals surface area contributed by atoms with Gasteiger partial charge in [-0.1, -0.05) is 0 Å². The molecule has 2 aromatic heterocycles. The Bertz CT molecular complexity index is 680. The second kappa shape index (κ2) is 4.98. The molecule has 0 fully saturated rings. The van der Waals surface area contributed by atoms with Crippen LogP contribution in [0.15, 0.2) is 35.6 Å². The fourth-order valence-electron chi connectivity index (χ4n) is 1.66. The van der Waals surface area contributed by atoms with Crippen molar-refractivity contribution in [1.29, 1.82) is 0 Å². The van der Waals surface area contributed by atoms with Crippen LogP contribution in [0.1, 0.15) is 5.56 Å². The van der Waals surface area contributed by atoms with Gasteiger partial charge in [-0.25, -0.2) is 13.4 Å². The van der Waals surface area contributed by atoms with Gasteiger partial charge in [-0.05, 0) is 6.07 Å². The van der Waals surface area contributed by atoms with Crippen LogP contribution in [0, 0.1) is 0 Å². The minimum atomic E-state index is -3.57. The molecule has 0 saturated carbocycles. The fraction of sp³-hybridized carbons (Fsp3) is 0.273. The van der Waals surface area contributed by atoms with Crippen LogP contribution in [0.5, 0.6) is 0 Å². The van der Waals surface area contributed by atoms with Crippen LogP contribution in [0.3, 0.4) is 0 Å². The van der Waals surface area contributed by atoms with Crippen LogP contribution in [-0.4, -0.2) is 34.5 Å². The lowest BCUT2D eigenvalue weighted by Gasteiger charge is -2.16. The first kappa shape index (κ1) is 13.5. The van der Waals surface area contributed by atoms with Gasteiger partial charge in [-0.2, -0.15) is 9.40 Å². The molecule has 0 spiro atoms. The predicted molar refractivity (Wildman–Crippen MR) is 70.5 cm³/mol. The summed E-state index contributed by atoms with van der Waals surface area (Å²) in [6.07, 6.45) is 4.78. The lowest BCUT2D eigenvalue weighted by atomic mass is 10.4. The average Bonchev–Trinajstić information content (AvgIpc) is 2.74. The van der Waals surface area contributed by atoms with Crippen molar-refractivity contribution < 1.29 is 8.42 Å². The number of aromatic nitrogens is 3. The highest BCUT2D eigenvalue weighted by Crippen LogP contribution is 2.17. The molecule has 2 N–H and O–H groups in total. The third kappa shape index (κ3) is 2.91. The second-order valence-corrected chi connectivity index (χ2v) is 6.24. The molecule has 0 atom stereocenters. The van der Waals surface area contributed by atoms with Crippen molar-refractivity contribution in [3.8, 4) is 0 Å². The highest BCUT2D eigenvalue weighted by molar-refractivity contribution is 7.89. The summed E-state index contributed by atoms with van der Waals surface area (Å²) in [5.74, 6) is 0.177. The molecule has 2 rings (SSSR count). The molecule has 0 aromatic carbocycles. The van der Waals surface area contributed by atoms with Gasteiger partial charge in [-0.15, -0.1) is 0 Å². The topological polar surface area (TPSA) is 94.1 Å². The van der Waals surface area contributed by atoms with Gasteiger partial charge in [-0.3, -0.25) is 4.68 Å². The van der Waals surface area contributed by atoms with Crippen molar-refractivity contribution in [2.75, 3.05) is 12.8 Å². The summed E-state index contributed by atoms with van der Waals surface area (Å²) >= 11 is 0. The van der Waals surface area contributed by atoms with Crippen molar-refractivity contribution in [3.05, 3.63) is 36.3 Å². The lowest BCUT2D eigenvalue weighted by molar-refractivity contribution is 0.466. The maximum absolute atomic E-state index is 12.3. The summed E-state index contributed by atoms with van der Waals surface area (Å²) in [5, 5.41) is 4.00. The summed E-state index contributed by atoms with van der Waals surface area (Å²) in [4.78, 5) is 3.91. The van der Waals surface area contributed by atoms with Crippen LogP contribution >= 0.6 is 0 Å². The Morgan fingerprint density at radius 2 is 2.21 bits per heavy atom. The molecule has 0 unspecified atom stereocenters. The maximum Gasteiger partial charge on any atom is 0.243 e. The smallest absolute Gasteiger partial charge is 0.243 e. The minimum Gasteiger partial charge on any atom is -0.384 e. The van der Waals surface area contributed by atoms with Gasteiger partial charge in [0.2, 0.25) is 10.0 Å². The van der Waals surface area contributed by atoms with E-state index in [1.54, 1.807) is 24.1 Å². The SMILES string of the molecule is CN(Cc1cnn(C)c1)S(=O)(=O)c1ccnc(N)c1. The molecule has 7 nitrogen and oxygen atoms in total. The van der Waals surface area contributed by atoms with Gasteiger partial charge in [0.05, 0.1) is 11.1 Å². The van der Waals surface area contributed by atoms with Gasteiger partial charge in [0.1, 0.15) is 5.82 Å². The molecule has 0 aliphatic heterocycles. The molecule has 2 aromatic rings. The zero-order valence-corrected chi connectivity index (χ0v) is 11.5. The van der Waals surface area contributed by atoms with E-state index in [1.807, 2.05) is 0 Å². The Kier molecular flexibility index (Phi) is 3.54. The van der Waals surface area contributed by atoms with E-state index < -0.39 is 10.0 Å². The van der Waals surface area contributed by atoms with Crippen LogP contribution in [-0.2, 0) is 23.6 Å². The molecular weight excluding hydrogens is 266 g/mol. The molecule has 2 heterocycles. The number of hydrogen-bond donors (Lipinski definition) is 1. The van der Waals surface area contributed by atoms with E-state index in [2.05, 4.69) is 10.1 Å². The molecule has 0 amide bonds. The van der Waals surface area contributed by atoms with E-state index in [1.165, 1.54) is 29.7 Å². The predicted octanol–water partition coefficient (Wildman–Crippen LogP) is 0.218. The van der Waals surface area contributed by atoms with Crippen molar-refractivity contribution in [3.63, 3.8) is 0 Å². The van der Waals surface area contributed by atoms with Crippen LogP contribution in [0.4, 0.5) is 5.82 Å². The Morgan fingerprint density at radius 3 is 2.79 bits per heavy atom. The maximum atomic E-state index is 12.3. The van der Waals surface area contributed by atoms with E-state index in [0.29, 0.717) is 0 Å². The van der Waals surface area contributed by atoms with Crippen molar-refractivity contribution in [1.82, 2.24) is 19.1 Å². The third-order valence-electron chi connectivity index (χ3n) is 2.62. The summed E-state index contributed by atoms with van der Waals surface area (Å²) < 4.78 is 27.5. The third-order valence-corrected chi connectivity index (χ3v) is 4.42. The molecule has 0 aliphatic rings. The number of hydrogen-bond acceptors (Lipinski definition) is 5. The molecule has 102 valence electrons. The van der Waals surface area contributed by atoms with Gasteiger partial charge in [0.15, 0.2) is 0 Å². The van der Waals surface area contributed by atoms with E-state index in [-0.39, 0.29) is 17.3 Å². The fourth-order valence-corrected chi connectivity index (χ4v) is 2.85. The van der Waals surface area contributed by atoms with E-state index in [9.17, 15) is 8.42 Å².